The van der Waals surface area contributed by atoms with Crippen LogP contribution < -0.4 is 19.5 Å². The second-order valence-corrected chi connectivity index (χ2v) is 5.60. The fraction of sp³-hybridized carbons (Fsp3) is 0.211. The van der Waals surface area contributed by atoms with Crippen LogP contribution in [0.4, 0.5) is 5.82 Å². The molecule has 7 nitrogen and oxygen atoms in total. The molecule has 2 aromatic heterocycles. The van der Waals surface area contributed by atoms with Gasteiger partial charge in [-0.2, -0.15) is 14.7 Å². The smallest absolute Gasteiger partial charge is 0.318 e. The van der Waals surface area contributed by atoms with Gasteiger partial charge in [0.15, 0.2) is 12.4 Å². The zero-order valence-corrected chi connectivity index (χ0v) is 14.7. The highest BCUT2D eigenvalue weighted by Gasteiger charge is 2.09. The summed E-state index contributed by atoms with van der Waals surface area (Å²) in [6.07, 6.45) is 3.72. The maximum atomic E-state index is 11.5. The van der Waals surface area contributed by atoms with Crippen LogP contribution >= 0.6 is 0 Å². The van der Waals surface area contributed by atoms with Crippen molar-refractivity contribution in [2.24, 2.45) is 0 Å². The summed E-state index contributed by atoms with van der Waals surface area (Å²) in [6, 6.07) is 13.5. The van der Waals surface area contributed by atoms with E-state index < -0.39 is 0 Å². The van der Waals surface area contributed by atoms with E-state index in [9.17, 15) is 5.21 Å². The van der Waals surface area contributed by atoms with Gasteiger partial charge in [0.05, 0.1) is 25.5 Å². The summed E-state index contributed by atoms with van der Waals surface area (Å²) >= 11 is 0. The van der Waals surface area contributed by atoms with Crippen LogP contribution in [0.5, 0.6) is 11.8 Å². The molecule has 0 saturated carbocycles. The molecule has 134 valence electrons. The zero-order valence-electron chi connectivity index (χ0n) is 14.7. The fourth-order valence-electron chi connectivity index (χ4n) is 2.49. The number of aromatic nitrogens is 3. The monoisotopic (exact) mass is 352 g/mol. The Morgan fingerprint density at radius 2 is 1.88 bits per heavy atom. The molecule has 0 spiro atoms. The highest BCUT2D eigenvalue weighted by molar-refractivity contribution is 5.61. The van der Waals surface area contributed by atoms with E-state index in [-0.39, 0.29) is 6.01 Å². The average molecular weight is 352 g/mol. The van der Waals surface area contributed by atoms with Crippen LogP contribution in [-0.4, -0.2) is 30.7 Å². The Bertz CT molecular complexity index is 869. The molecular formula is C19H20N4O3. The number of hydrogen-bond acceptors (Lipinski definition) is 6. The number of hydrogen-bond donors (Lipinski definition) is 1. The van der Waals surface area contributed by atoms with Crippen molar-refractivity contribution in [3.63, 3.8) is 0 Å². The third kappa shape index (κ3) is 4.38. The van der Waals surface area contributed by atoms with E-state index in [1.165, 1.54) is 25.1 Å². The first-order valence-corrected chi connectivity index (χ1v) is 8.17. The molecule has 0 fully saturated rings. The minimum atomic E-state index is 0.246. The number of nitrogens with one attached hydrogen (secondary N) is 1. The lowest BCUT2D eigenvalue weighted by atomic mass is 10.1. The van der Waals surface area contributed by atoms with Crippen molar-refractivity contribution in [3.05, 3.63) is 65.6 Å². The Morgan fingerprint density at radius 3 is 2.58 bits per heavy atom. The number of pyridine rings is 1. The number of anilines is 1. The number of rotatable bonds is 7. The van der Waals surface area contributed by atoms with Crippen LogP contribution in [0.15, 0.2) is 54.9 Å². The lowest BCUT2D eigenvalue weighted by Crippen LogP contribution is -2.24. The predicted octanol–water partition coefficient (Wildman–Crippen LogP) is 2.45. The Balaban J connectivity index is 1.71. The molecule has 0 atom stereocenters. The maximum absolute atomic E-state index is 11.5. The molecule has 1 N–H and O–H groups in total. The highest BCUT2D eigenvalue weighted by atomic mass is 16.5. The van der Waals surface area contributed by atoms with Gasteiger partial charge in [0.1, 0.15) is 11.6 Å². The first-order chi connectivity index (χ1) is 12.7. The molecule has 0 unspecified atom stereocenters. The van der Waals surface area contributed by atoms with Crippen LogP contribution in [0.2, 0.25) is 0 Å². The van der Waals surface area contributed by atoms with E-state index in [2.05, 4.69) is 15.3 Å². The van der Waals surface area contributed by atoms with Crippen molar-refractivity contribution < 1.29 is 14.2 Å². The molecule has 0 aliphatic carbocycles. The number of nitrogens with zero attached hydrogens (tertiary/aromatic N) is 3. The molecule has 0 radical (unpaired) electrons. The summed E-state index contributed by atoms with van der Waals surface area (Å²) in [5.74, 6) is 1.48. The van der Waals surface area contributed by atoms with Crippen LogP contribution in [0, 0.1) is 5.21 Å². The third-order valence-corrected chi connectivity index (χ3v) is 3.84. The molecule has 3 aromatic rings. The molecule has 2 heterocycles. The Kier molecular flexibility index (Phi) is 5.48. The van der Waals surface area contributed by atoms with Crippen molar-refractivity contribution in [1.82, 2.24) is 9.97 Å². The highest BCUT2D eigenvalue weighted by Crippen LogP contribution is 2.21. The van der Waals surface area contributed by atoms with E-state index in [1.807, 2.05) is 30.3 Å². The fourth-order valence-corrected chi connectivity index (χ4v) is 2.49. The molecule has 0 saturated heterocycles. The van der Waals surface area contributed by atoms with Gasteiger partial charge in [-0.3, -0.25) is 0 Å². The lowest BCUT2D eigenvalue weighted by Gasteiger charge is -2.09. The van der Waals surface area contributed by atoms with Crippen molar-refractivity contribution in [2.45, 2.75) is 6.42 Å². The van der Waals surface area contributed by atoms with Gasteiger partial charge in [0.25, 0.3) is 0 Å². The summed E-state index contributed by atoms with van der Waals surface area (Å²) in [5, 5.41) is 14.8. The topological polar surface area (TPSA) is 83.2 Å². The van der Waals surface area contributed by atoms with Gasteiger partial charge in [-0.25, -0.2) is 0 Å². The molecule has 7 heteroatoms. The Hall–Kier alpha value is -3.35. The van der Waals surface area contributed by atoms with Crippen molar-refractivity contribution in [2.75, 3.05) is 26.1 Å². The van der Waals surface area contributed by atoms with Gasteiger partial charge < -0.3 is 20.0 Å². The molecule has 0 bridgehead atoms. The normalized spacial score (nSPS) is 10.4. The average Bonchev–Trinajstić information content (AvgIpc) is 2.68. The minimum absolute atomic E-state index is 0.246. The third-order valence-electron chi connectivity index (χ3n) is 3.84. The van der Waals surface area contributed by atoms with Gasteiger partial charge >= 0.3 is 6.01 Å². The summed E-state index contributed by atoms with van der Waals surface area (Å²) in [7, 11) is 3.16. The Morgan fingerprint density at radius 1 is 1.08 bits per heavy atom. The van der Waals surface area contributed by atoms with E-state index in [0.29, 0.717) is 23.6 Å². The standard InChI is InChI=1S/C19H20N4O3/c1-25-16-7-5-14(6-8-16)9-10-20-18-12-17(21-19(22-18)26-2)15-4-3-11-23(24)13-15/h3-8,11-13H,9-10H2,1-2H3,(H,20,21,22). The number of methoxy groups -OCH3 is 2. The van der Waals surface area contributed by atoms with Crippen LogP contribution in [0.1, 0.15) is 5.56 Å². The van der Waals surface area contributed by atoms with E-state index >= 15 is 0 Å². The second kappa shape index (κ2) is 8.15. The first kappa shape index (κ1) is 17.5. The second-order valence-electron chi connectivity index (χ2n) is 5.60. The number of ether oxygens (including phenoxy) is 2. The van der Waals surface area contributed by atoms with Crippen LogP contribution in [-0.2, 0) is 6.42 Å². The van der Waals surface area contributed by atoms with Crippen molar-refractivity contribution >= 4 is 5.82 Å². The van der Waals surface area contributed by atoms with Crippen LogP contribution in [0.25, 0.3) is 11.3 Å². The van der Waals surface area contributed by atoms with Crippen molar-refractivity contribution in [3.8, 4) is 23.0 Å². The SMILES string of the molecule is COc1ccc(CCNc2cc(-c3ccc[n+]([O-])c3)nc(OC)n2)cc1. The summed E-state index contributed by atoms with van der Waals surface area (Å²) < 4.78 is 11.1. The van der Waals surface area contributed by atoms with Crippen LogP contribution in [0.3, 0.4) is 0 Å². The molecule has 0 amide bonds. The van der Waals surface area contributed by atoms with E-state index in [0.717, 1.165) is 16.9 Å². The van der Waals surface area contributed by atoms with Gasteiger partial charge in [0.2, 0.25) is 0 Å². The summed E-state index contributed by atoms with van der Waals surface area (Å²) in [4.78, 5) is 8.62. The lowest BCUT2D eigenvalue weighted by molar-refractivity contribution is -0.604. The molecule has 26 heavy (non-hydrogen) atoms. The van der Waals surface area contributed by atoms with Gasteiger partial charge in [-0.1, -0.05) is 12.1 Å². The summed E-state index contributed by atoms with van der Waals surface area (Å²) in [6.45, 7) is 0.697. The largest absolute Gasteiger partial charge is 0.619 e. The predicted molar refractivity (Wildman–Crippen MR) is 98.2 cm³/mol. The first-order valence-electron chi connectivity index (χ1n) is 8.17. The van der Waals surface area contributed by atoms with Gasteiger partial charge in [-0.15, -0.1) is 0 Å². The quantitative estimate of drug-likeness (QED) is 0.519. The maximum Gasteiger partial charge on any atom is 0.318 e. The Labute approximate surface area is 151 Å². The van der Waals surface area contributed by atoms with Crippen molar-refractivity contribution in [1.29, 1.82) is 0 Å². The molecule has 1 aromatic carbocycles. The molecule has 0 aliphatic rings. The zero-order chi connectivity index (χ0) is 18.4. The van der Waals surface area contributed by atoms with E-state index in [1.54, 1.807) is 19.2 Å². The molecule has 3 rings (SSSR count). The van der Waals surface area contributed by atoms with Gasteiger partial charge in [-0.05, 0) is 30.2 Å². The minimum Gasteiger partial charge on any atom is -0.619 e. The molecule has 0 aliphatic heterocycles. The number of benzene rings is 1. The summed E-state index contributed by atoms with van der Waals surface area (Å²) in [5.41, 5.74) is 2.51. The van der Waals surface area contributed by atoms with E-state index in [4.69, 9.17) is 9.47 Å². The van der Waals surface area contributed by atoms with Gasteiger partial charge in [0, 0.05) is 18.7 Å². The molecular weight excluding hydrogens is 332 g/mol.